The van der Waals surface area contributed by atoms with Gasteiger partial charge in [0.05, 0.1) is 12.2 Å². The lowest BCUT2D eigenvalue weighted by atomic mass is 9.68. The highest BCUT2D eigenvalue weighted by Gasteiger charge is 2.30. The smallest absolute Gasteiger partial charge is 0.338 e. The molecule has 0 amide bonds. The highest BCUT2D eigenvalue weighted by Crippen LogP contribution is 2.42. The van der Waals surface area contributed by atoms with Gasteiger partial charge in [0.15, 0.2) is 0 Å². The summed E-state index contributed by atoms with van der Waals surface area (Å²) in [5.74, 6) is 2.45. The number of nitrogen functional groups attached to an aromatic ring is 2. The summed E-state index contributed by atoms with van der Waals surface area (Å²) >= 11 is 0. The van der Waals surface area contributed by atoms with Crippen LogP contribution in [0.4, 0.5) is 11.4 Å². The molecule has 0 saturated heterocycles. The van der Waals surface area contributed by atoms with E-state index in [0.29, 0.717) is 23.5 Å². The van der Waals surface area contributed by atoms with Crippen LogP contribution in [0.5, 0.6) is 0 Å². The number of benzene rings is 1. The van der Waals surface area contributed by atoms with Crippen LogP contribution in [0.2, 0.25) is 0 Å². The van der Waals surface area contributed by atoms with Crippen LogP contribution in [0.25, 0.3) is 0 Å². The van der Waals surface area contributed by atoms with E-state index in [-0.39, 0.29) is 5.97 Å². The van der Waals surface area contributed by atoms with Crippen LogP contribution >= 0.6 is 0 Å². The average Bonchev–Trinajstić information content (AvgIpc) is 2.71. The van der Waals surface area contributed by atoms with E-state index < -0.39 is 0 Å². The largest absolute Gasteiger partial charge is 0.462 e. The van der Waals surface area contributed by atoms with Crippen molar-refractivity contribution in [2.24, 2.45) is 17.8 Å². The number of esters is 1. The third-order valence-corrected chi connectivity index (χ3v) is 6.89. The van der Waals surface area contributed by atoms with Crippen LogP contribution < -0.4 is 11.5 Å². The van der Waals surface area contributed by atoms with Gasteiger partial charge in [-0.2, -0.15) is 0 Å². The maximum absolute atomic E-state index is 12.2. The Balaban J connectivity index is 1.43. The van der Waals surface area contributed by atoms with Gasteiger partial charge in [-0.15, -0.1) is 0 Å². The number of unbranched alkanes of at least 4 members (excludes halogenated alkanes) is 1. The van der Waals surface area contributed by atoms with Crippen LogP contribution in [0, 0.1) is 17.8 Å². The first-order valence-electron chi connectivity index (χ1n) is 11.5. The zero-order valence-electron chi connectivity index (χ0n) is 17.3. The molecule has 0 heterocycles. The molecule has 1 aromatic rings. The molecule has 0 aromatic heterocycles. The minimum absolute atomic E-state index is 0.324. The molecule has 0 aliphatic heterocycles. The molecule has 4 heteroatoms. The SMILES string of the molecule is Nc1cc(N)cc(C(=O)OCCCCC(C2CCCCC2)C2CCCCC2)c1. The minimum Gasteiger partial charge on any atom is -0.462 e. The Kier molecular flexibility index (Phi) is 8.05. The number of rotatable bonds is 8. The van der Waals surface area contributed by atoms with Crippen molar-refractivity contribution in [2.45, 2.75) is 83.5 Å². The molecule has 28 heavy (non-hydrogen) atoms. The molecule has 0 atom stereocenters. The summed E-state index contributed by atoms with van der Waals surface area (Å²) in [7, 11) is 0. The first-order chi connectivity index (χ1) is 13.6. The van der Waals surface area contributed by atoms with E-state index >= 15 is 0 Å². The van der Waals surface area contributed by atoms with Crippen LogP contribution in [-0.2, 0) is 4.74 Å². The maximum atomic E-state index is 12.2. The lowest BCUT2D eigenvalue weighted by molar-refractivity contribution is 0.0491. The number of carbonyl (C=O) groups is 1. The molecular formula is C24H38N2O2. The monoisotopic (exact) mass is 386 g/mol. The fourth-order valence-corrected chi connectivity index (χ4v) is 5.51. The van der Waals surface area contributed by atoms with Crippen LogP contribution in [-0.4, -0.2) is 12.6 Å². The quantitative estimate of drug-likeness (QED) is 0.328. The van der Waals surface area contributed by atoms with Gasteiger partial charge in [-0.3, -0.25) is 0 Å². The number of carbonyl (C=O) groups excluding carboxylic acids is 1. The van der Waals surface area contributed by atoms with Crippen molar-refractivity contribution in [3.63, 3.8) is 0 Å². The van der Waals surface area contributed by atoms with Crippen LogP contribution in [0.1, 0.15) is 93.8 Å². The Morgan fingerprint density at radius 2 is 1.39 bits per heavy atom. The van der Waals surface area contributed by atoms with Gasteiger partial charge in [0, 0.05) is 11.4 Å². The van der Waals surface area contributed by atoms with E-state index in [0.717, 1.165) is 30.6 Å². The topological polar surface area (TPSA) is 78.3 Å². The Hall–Kier alpha value is -1.71. The number of hydrogen-bond acceptors (Lipinski definition) is 4. The van der Waals surface area contributed by atoms with E-state index in [1.807, 2.05) is 0 Å². The predicted octanol–water partition coefficient (Wildman–Crippen LogP) is 5.95. The molecule has 0 unspecified atom stereocenters. The Bertz CT molecular complexity index is 581. The molecule has 0 radical (unpaired) electrons. The maximum Gasteiger partial charge on any atom is 0.338 e. The lowest BCUT2D eigenvalue weighted by Crippen LogP contribution is -2.27. The summed E-state index contributed by atoms with van der Waals surface area (Å²) in [6, 6.07) is 4.90. The molecule has 4 nitrogen and oxygen atoms in total. The molecule has 156 valence electrons. The molecule has 2 fully saturated rings. The Morgan fingerprint density at radius 3 is 1.93 bits per heavy atom. The lowest BCUT2D eigenvalue weighted by Gasteiger charge is -2.38. The average molecular weight is 387 g/mol. The number of anilines is 2. The molecule has 2 saturated carbocycles. The standard InChI is InChI=1S/C24H38N2O2/c25-21-15-20(16-22(26)17-21)24(27)28-14-8-7-13-23(18-9-3-1-4-10-18)19-11-5-2-6-12-19/h15-19,23H,1-14,25-26H2. The highest BCUT2D eigenvalue weighted by molar-refractivity contribution is 5.91. The number of ether oxygens (including phenoxy) is 1. The second-order valence-corrected chi connectivity index (χ2v) is 8.98. The van der Waals surface area contributed by atoms with Gasteiger partial charge in [0.1, 0.15) is 0 Å². The van der Waals surface area contributed by atoms with E-state index in [4.69, 9.17) is 16.2 Å². The second kappa shape index (κ2) is 10.7. The van der Waals surface area contributed by atoms with Crippen LogP contribution in [0.3, 0.4) is 0 Å². The molecular weight excluding hydrogens is 348 g/mol. The van der Waals surface area contributed by atoms with Crippen molar-refractivity contribution >= 4 is 17.3 Å². The van der Waals surface area contributed by atoms with Crippen molar-refractivity contribution < 1.29 is 9.53 Å². The van der Waals surface area contributed by atoms with Gasteiger partial charge >= 0.3 is 5.97 Å². The van der Waals surface area contributed by atoms with Gasteiger partial charge in [0.25, 0.3) is 0 Å². The van der Waals surface area contributed by atoms with Gasteiger partial charge in [-0.25, -0.2) is 4.79 Å². The predicted molar refractivity (Wildman–Crippen MR) is 116 cm³/mol. The van der Waals surface area contributed by atoms with Gasteiger partial charge in [-0.1, -0.05) is 64.2 Å². The molecule has 4 N–H and O–H groups in total. The molecule has 2 aliphatic carbocycles. The van der Waals surface area contributed by atoms with Crippen molar-refractivity contribution in [3.05, 3.63) is 23.8 Å². The van der Waals surface area contributed by atoms with Gasteiger partial charge in [-0.05, 0) is 55.2 Å². The van der Waals surface area contributed by atoms with Crippen LogP contribution in [0.15, 0.2) is 18.2 Å². The summed E-state index contributed by atoms with van der Waals surface area (Å²) in [5.41, 5.74) is 13.0. The van der Waals surface area contributed by atoms with Gasteiger partial charge in [0.2, 0.25) is 0 Å². The van der Waals surface area contributed by atoms with Crippen molar-refractivity contribution in [1.82, 2.24) is 0 Å². The second-order valence-electron chi connectivity index (χ2n) is 8.98. The van der Waals surface area contributed by atoms with E-state index in [1.165, 1.54) is 70.6 Å². The first-order valence-corrected chi connectivity index (χ1v) is 11.5. The first kappa shape index (κ1) is 21.0. The Morgan fingerprint density at radius 1 is 0.857 bits per heavy atom. The third kappa shape index (κ3) is 6.15. The summed E-state index contributed by atoms with van der Waals surface area (Å²) in [4.78, 5) is 12.2. The Labute approximate surface area is 170 Å². The van der Waals surface area contributed by atoms with Crippen molar-refractivity contribution in [1.29, 1.82) is 0 Å². The fourth-order valence-electron chi connectivity index (χ4n) is 5.51. The zero-order chi connectivity index (χ0) is 19.8. The molecule has 0 spiro atoms. The van der Waals surface area contributed by atoms with E-state index in [9.17, 15) is 4.79 Å². The summed E-state index contributed by atoms with van der Waals surface area (Å²) in [6.45, 7) is 0.482. The van der Waals surface area contributed by atoms with E-state index in [2.05, 4.69) is 0 Å². The van der Waals surface area contributed by atoms with Crippen molar-refractivity contribution in [2.75, 3.05) is 18.1 Å². The molecule has 3 rings (SSSR count). The van der Waals surface area contributed by atoms with Crippen molar-refractivity contribution in [3.8, 4) is 0 Å². The number of nitrogens with two attached hydrogens (primary N) is 2. The van der Waals surface area contributed by atoms with Gasteiger partial charge < -0.3 is 16.2 Å². The zero-order valence-corrected chi connectivity index (χ0v) is 17.3. The fraction of sp³-hybridized carbons (Fsp3) is 0.708. The molecule has 1 aromatic carbocycles. The number of hydrogen-bond donors (Lipinski definition) is 2. The molecule has 2 aliphatic rings. The summed E-state index contributed by atoms with van der Waals surface area (Å²) in [5, 5.41) is 0. The molecule has 0 bridgehead atoms. The summed E-state index contributed by atoms with van der Waals surface area (Å²) in [6.07, 6.45) is 17.7. The highest BCUT2D eigenvalue weighted by atomic mass is 16.5. The minimum atomic E-state index is -0.324. The third-order valence-electron chi connectivity index (χ3n) is 6.89. The van der Waals surface area contributed by atoms with E-state index in [1.54, 1.807) is 18.2 Å². The normalized spacial score (nSPS) is 19.0. The summed E-state index contributed by atoms with van der Waals surface area (Å²) < 4.78 is 5.46.